The van der Waals surface area contributed by atoms with Crippen LogP contribution < -0.4 is 0 Å². The van der Waals surface area contributed by atoms with E-state index in [1.807, 2.05) is 0 Å². The Morgan fingerprint density at radius 3 is 2.41 bits per heavy atom. The van der Waals surface area contributed by atoms with E-state index in [1.165, 1.54) is 0 Å². The van der Waals surface area contributed by atoms with E-state index < -0.39 is 11.6 Å². The van der Waals surface area contributed by atoms with Gasteiger partial charge in [-0.15, -0.1) is 0 Å². The topological polar surface area (TPSA) is 26.1 Å². The molecule has 0 aliphatic rings. The average Bonchev–Trinajstić information content (AvgIpc) is 2.35. The van der Waals surface area contributed by atoms with Crippen LogP contribution in [0.3, 0.4) is 0 Å². The Hall–Kier alpha value is -2.23. The van der Waals surface area contributed by atoms with E-state index in [4.69, 9.17) is 0 Å². The molecule has 0 amide bonds. The molecule has 4 heteroatoms. The lowest BCUT2D eigenvalue weighted by molar-refractivity contribution is -0.354. The van der Waals surface area contributed by atoms with Gasteiger partial charge in [0.05, 0.1) is 5.56 Å². The lowest BCUT2D eigenvalue weighted by Gasteiger charge is -2.02. The molecule has 2 aromatic carbocycles. The van der Waals surface area contributed by atoms with E-state index in [0.29, 0.717) is 10.4 Å². The molecule has 0 aliphatic carbocycles. The van der Waals surface area contributed by atoms with Crippen molar-refractivity contribution in [2.45, 2.75) is 0 Å². The maximum Gasteiger partial charge on any atom is 0.216 e. The minimum Gasteiger partial charge on any atom is -0.618 e. The third-order valence-corrected chi connectivity index (χ3v) is 2.23. The third kappa shape index (κ3) is 2.66. The van der Waals surface area contributed by atoms with Gasteiger partial charge in [0, 0.05) is 12.1 Å². The normalized spacial score (nSPS) is 11.5. The van der Waals surface area contributed by atoms with Gasteiger partial charge in [-0.25, -0.2) is 8.78 Å². The molecule has 0 spiro atoms. The maximum absolute atomic E-state index is 13.3. The fourth-order valence-electron chi connectivity index (χ4n) is 1.39. The van der Waals surface area contributed by atoms with Crippen molar-refractivity contribution in [2.24, 2.45) is 0 Å². The Bertz CT molecular complexity index is 553. The zero-order valence-corrected chi connectivity index (χ0v) is 8.81. The molecular formula is C13H9F2NO. The van der Waals surface area contributed by atoms with Crippen LogP contribution in [0.4, 0.5) is 14.5 Å². The van der Waals surface area contributed by atoms with E-state index in [1.54, 1.807) is 30.3 Å². The average molecular weight is 233 g/mol. The summed E-state index contributed by atoms with van der Waals surface area (Å²) in [6, 6.07) is 11.3. The minimum absolute atomic E-state index is 0.0798. The van der Waals surface area contributed by atoms with Gasteiger partial charge in [-0.2, -0.15) is 4.74 Å². The summed E-state index contributed by atoms with van der Waals surface area (Å²) in [5.41, 5.74) is 0.278. The first-order valence-electron chi connectivity index (χ1n) is 4.98. The van der Waals surface area contributed by atoms with Gasteiger partial charge < -0.3 is 5.21 Å². The first-order chi connectivity index (χ1) is 8.16. The molecule has 17 heavy (non-hydrogen) atoms. The summed E-state index contributed by atoms with van der Waals surface area (Å²) < 4.78 is 26.7. The van der Waals surface area contributed by atoms with Gasteiger partial charge in [0.15, 0.2) is 6.21 Å². The Kier molecular flexibility index (Phi) is 3.14. The molecule has 0 fully saturated rings. The molecule has 86 valence electrons. The summed E-state index contributed by atoms with van der Waals surface area (Å²) in [5, 5.41) is 11.6. The maximum atomic E-state index is 13.3. The summed E-state index contributed by atoms with van der Waals surface area (Å²) in [5.74, 6) is -1.22. The van der Waals surface area contributed by atoms with Gasteiger partial charge in [-0.3, -0.25) is 0 Å². The Balaban J connectivity index is 2.39. The second-order valence-corrected chi connectivity index (χ2v) is 3.46. The first kappa shape index (κ1) is 11.3. The van der Waals surface area contributed by atoms with Crippen molar-refractivity contribution >= 4 is 11.9 Å². The smallest absolute Gasteiger partial charge is 0.216 e. The Morgan fingerprint density at radius 1 is 1.00 bits per heavy atom. The van der Waals surface area contributed by atoms with Crippen LogP contribution in [0, 0.1) is 16.8 Å². The molecule has 0 radical (unpaired) electrons. The number of halogens is 2. The second kappa shape index (κ2) is 4.74. The van der Waals surface area contributed by atoms with E-state index >= 15 is 0 Å². The van der Waals surface area contributed by atoms with Crippen LogP contribution in [0.25, 0.3) is 0 Å². The Morgan fingerprint density at radius 2 is 1.71 bits per heavy atom. The van der Waals surface area contributed by atoms with E-state index in [2.05, 4.69) is 0 Å². The van der Waals surface area contributed by atoms with E-state index in [0.717, 1.165) is 24.4 Å². The zero-order valence-electron chi connectivity index (χ0n) is 8.81. The largest absolute Gasteiger partial charge is 0.618 e. The molecule has 0 bridgehead atoms. The van der Waals surface area contributed by atoms with Crippen LogP contribution in [0.1, 0.15) is 5.56 Å². The highest BCUT2D eigenvalue weighted by Crippen LogP contribution is 2.11. The molecule has 0 atom stereocenters. The fraction of sp³-hybridized carbons (Fsp3) is 0. The van der Waals surface area contributed by atoms with Crippen molar-refractivity contribution in [3.63, 3.8) is 0 Å². The molecular weight excluding hydrogens is 224 g/mol. The van der Waals surface area contributed by atoms with Gasteiger partial charge in [0.1, 0.15) is 11.6 Å². The molecule has 0 aromatic heterocycles. The van der Waals surface area contributed by atoms with Crippen molar-refractivity contribution in [3.05, 3.63) is 70.9 Å². The quantitative estimate of drug-likeness (QED) is 0.338. The SMILES string of the molecule is [O-][N+](=Cc1cc(F)ccc1F)c1ccccc1. The first-order valence-corrected chi connectivity index (χ1v) is 4.98. The second-order valence-electron chi connectivity index (χ2n) is 3.46. The molecule has 0 saturated carbocycles. The number of para-hydroxylation sites is 1. The molecule has 0 N–H and O–H groups in total. The monoisotopic (exact) mass is 233 g/mol. The lowest BCUT2D eigenvalue weighted by atomic mass is 10.2. The number of benzene rings is 2. The minimum atomic E-state index is -0.636. The number of rotatable bonds is 2. The van der Waals surface area contributed by atoms with Crippen LogP contribution in [0.15, 0.2) is 48.5 Å². The number of hydrogen-bond acceptors (Lipinski definition) is 1. The highest BCUT2D eigenvalue weighted by atomic mass is 19.1. The van der Waals surface area contributed by atoms with Gasteiger partial charge in [-0.05, 0) is 18.2 Å². The number of nitrogens with zero attached hydrogens (tertiary/aromatic N) is 1. The van der Waals surface area contributed by atoms with Crippen LogP contribution in [-0.4, -0.2) is 11.0 Å². The predicted octanol–water partition coefficient (Wildman–Crippen LogP) is 3.23. The van der Waals surface area contributed by atoms with Crippen molar-refractivity contribution in [2.75, 3.05) is 0 Å². The molecule has 0 saturated heterocycles. The molecule has 0 heterocycles. The predicted molar refractivity (Wildman–Crippen MR) is 61.3 cm³/mol. The van der Waals surface area contributed by atoms with Gasteiger partial charge in [0.2, 0.25) is 5.69 Å². The van der Waals surface area contributed by atoms with Crippen LogP contribution >= 0.6 is 0 Å². The third-order valence-electron chi connectivity index (χ3n) is 2.23. The van der Waals surface area contributed by atoms with Crippen molar-refractivity contribution in [3.8, 4) is 0 Å². The van der Waals surface area contributed by atoms with Crippen molar-refractivity contribution < 1.29 is 13.5 Å². The summed E-state index contributed by atoms with van der Waals surface area (Å²) in [7, 11) is 0. The lowest BCUT2D eigenvalue weighted by Crippen LogP contribution is -2.01. The Labute approximate surface area is 97.0 Å². The van der Waals surface area contributed by atoms with Crippen LogP contribution in [0.2, 0.25) is 0 Å². The summed E-state index contributed by atoms with van der Waals surface area (Å²) in [6.45, 7) is 0. The number of hydrogen-bond donors (Lipinski definition) is 0. The standard InChI is InChI=1S/C13H9F2NO/c14-11-6-7-13(15)10(8-11)9-16(17)12-4-2-1-3-5-12/h1-9H. The summed E-state index contributed by atoms with van der Waals surface area (Å²) in [4.78, 5) is 0. The van der Waals surface area contributed by atoms with E-state index in [-0.39, 0.29) is 5.56 Å². The van der Waals surface area contributed by atoms with Crippen LogP contribution in [0.5, 0.6) is 0 Å². The van der Waals surface area contributed by atoms with Crippen molar-refractivity contribution in [1.82, 2.24) is 0 Å². The molecule has 2 rings (SSSR count). The van der Waals surface area contributed by atoms with Crippen molar-refractivity contribution in [1.29, 1.82) is 0 Å². The molecule has 0 aliphatic heterocycles. The van der Waals surface area contributed by atoms with E-state index in [9.17, 15) is 14.0 Å². The van der Waals surface area contributed by atoms with Gasteiger partial charge >= 0.3 is 0 Å². The summed E-state index contributed by atoms with van der Waals surface area (Å²) >= 11 is 0. The zero-order chi connectivity index (χ0) is 12.3. The highest BCUT2D eigenvalue weighted by molar-refractivity contribution is 5.77. The van der Waals surface area contributed by atoms with Gasteiger partial charge in [0.25, 0.3) is 0 Å². The fourth-order valence-corrected chi connectivity index (χ4v) is 1.39. The highest BCUT2D eigenvalue weighted by Gasteiger charge is 2.06. The van der Waals surface area contributed by atoms with Crippen LogP contribution in [-0.2, 0) is 0 Å². The molecule has 2 nitrogen and oxygen atoms in total. The summed E-state index contributed by atoms with van der Waals surface area (Å²) in [6.07, 6.45) is 1.01. The molecule has 0 unspecified atom stereocenters. The van der Waals surface area contributed by atoms with Gasteiger partial charge in [-0.1, -0.05) is 18.2 Å². The molecule has 2 aromatic rings.